The van der Waals surface area contributed by atoms with Crippen LogP contribution in [0.1, 0.15) is 18.3 Å². The molecule has 0 atom stereocenters. The summed E-state index contributed by atoms with van der Waals surface area (Å²) < 4.78 is 1.12. The van der Waals surface area contributed by atoms with E-state index in [4.69, 9.17) is 5.41 Å². The number of hydrogen-bond donors (Lipinski definition) is 3. The average Bonchev–Trinajstić information content (AvgIpc) is 2.95. The highest BCUT2D eigenvalue weighted by Crippen LogP contribution is 2.10. The van der Waals surface area contributed by atoms with Crippen LogP contribution in [0.3, 0.4) is 0 Å². The Labute approximate surface area is 131 Å². The highest BCUT2D eigenvalue weighted by molar-refractivity contribution is 5.96. The van der Waals surface area contributed by atoms with Gasteiger partial charge in [0, 0.05) is 23.8 Å². The lowest BCUT2D eigenvalue weighted by Crippen LogP contribution is -2.18. The molecule has 23 heavy (non-hydrogen) atoms. The molecule has 3 rings (SSSR count). The Morgan fingerprint density at radius 1 is 1.26 bits per heavy atom. The maximum atomic E-state index is 11.9. The van der Waals surface area contributed by atoms with Gasteiger partial charge in [-0.05, 0) is 30.7 Å². The number of anilines is 1. The molecule has 8 nitrogen and oxygen atoms in total. The largest absolute Gasteiger partial charge is 0.378 e. The van der Waals surface area contributed by atoms with Crippen molar-refractivity contribution in [2.24, 2.45) is 0 Å². The normalized spacial score (nSPS) is 10.5. The monoisotopic (exact) mass is 309 g/mol. The molecule has 0 saturated carbocycles. The first-order valence-corrected chi connectivity index (χ1v) is 6.98. The fraction of sp³-hybridized carbons (Fsp3) is 0.133. The highest BCUT2D eigenvalue weighted by Gasteiger charge is 2.08. The second-order valence-corrected chi connectivity index (χ2v) is 4.89. The zero-order valence-corrected chi connectivity index (χ0v) is 12.4. The Hall–Kier alpha value is -3.29. The molecule has 0 radical (unpaired) electrons. The molecule has 0 amide bonds. The Balaban J connectivity index is 1.72. The third-order valence-electron chi connectivity index (χ3n) is 3.18. The SMILES string of the molecule is CC(=N)c1ccc(NCc2nn(-c3ncccn3)c(=O)[nH]2)cc1. The quantitative estimate of drug-likeness (QED) is 0.616. The molecule has 8 heteroatoms. The molecular weight excluding hydrogens is 294 g/mol. The van der Waals surface area contributed by atoms with E-state index in [0.717, 1.165) is 15.9 Å². The molecule has 116 valence electrons. The molecule has 0 fully saturated rings. The van der Waals surface area contributed by atoms with Crippen LogP contribution < -0.4 is 11.0 Å². The van der Waals surface area contributed by atoms with Gasteiger partial charge >= 0.3 is 5.69 Å². The molecule has 0 spiro atoms. The van der Waals surface area contributed by atoms with Crippen molar-refractivity contribution in [2.45, 2.75) is 13.5 Å². The summed E-state index contributed by atoms with van der Waals surface area (Å²) >= 11 is 0. The van der Waals surface area contributed by atoms with Gasteiger partial charge in [0.2, 0.25) is 0 Å². The minimum Gasteiger partial charge on any atom is -0.378 e. The van der Waals surface area contributed by atoms with E-state index in [1.807, 2.05) is 24.3 Å². The molecule has 0 aliphatic rings. The van der Waals surface area contributed by atoms with E-state index < -0.39 is 0 Å². The topological polar surface area (TPSA) is 112 Å². The number of aromatic amines is 1. The Bertz CT molecular complexity index is 865. The van der Waals surface area contributed by atoms with Crippen molar-refractivity contribution in [1.82, 2.24) is 24.7 Å². The summed E-state index contributed by atoms with van der Waals surface area (Å²) in [5, 5.41) is 14.9. The van der Waals surface area contributed by atoms with Gasteiger partial charge in [0.25, 0.3) is 5.95 Å². The number of hydrogen-bond acceptors (Lipinski definition) is 6. The van der Waals surface area contributed by atoms with E-state index in [1.54, 1.807) is 25.4 Å². The summed E-state index contributed by atoms with van der Waals surface area (Å²) in [6.07, 6.45) is 3.10. The fourth-order valence-corrected chi connectivity index (χ4v) is 2.01. The summed E-state index contributed by atoms with van der Waals surface area (Å²) in [5.74, 6) is 0.709. The van der Waals surface area contributed by atoms with Crippen LogP contribution in [-0.2, 0) is 6.54 Å². The number of nitrogens with zero attached hydrogens (tertiary/aromatic N) is 4. The van der Waals surface area contributed by atoms with Crippen molar-refractivity contribution in [2.75, 3.05) is 5.32 Å². The first kappa shape index (κ1) is 14.6. The summed E-state index contributed by atoms with van der Waals surface area (Å²) in [5.41, 5.74) is 1.88. The Morgan fingerprint density at radius 3 is 2.61 bits per heavy atom. The van der Waals surface area contributed by atoms with Crippen molar-refractivity contribution in [1.29, 1.82) is 5.41 Å². The van der Waals surface area contributed by atoms with Gasteiger partial charge < -0.3 is 10.7 Å². The van der Waals surface area contributed by atoms with E-state index >= 15 is 0 Å². The third kappa shape index (κ3) is 3.31. The summed E-state index contributed by atoms with van der Waals surface area (Å²) in [7, 11) is 0. The predicted molar refractivity (Wildman–Crippen MR) is 86.0 cm³/mol. The standard InChI is InChI=1S/C15H15N7O/c1-10(16)11-3-5-12(6-4-11)19-9-13-20-15(23)22(21-13)14-17-7-2-8-18-14/h2-8,16,19H,9H2,1H3,(H,20,21,23). The van der Waals surface area contributed by atoms with Gasteiger partial charge in [0.1, 0.15) is 0 Å². The highest BCUT2D eigenvalue weighted by atomic mass is 16.2. The predicted octanol–water partition coefficient (Wildman–Crippen LogP) is 1.35. The minimum absolute atomic E-state index is 0.228. The van der Waals surface area contributed by atoms with E-state index in [0.29, 0.717) is 18.1 Å². The summed E-state index contributed by atoms with van der Waals surface area (Å²) in [6, 6.07) is 9.16. The Kier molecular flexibility index (Phi) is 3.96. The zero-order valence-electron chi connectivity index (χ0n) is 12.4. The van der Waals surface area contributed by atoms with Crippen molar-refractivity contribution >= 4 is 11.4 Å². The lowest BCUT2D eigenvalue weighted by Gasteiger charge is -2.05. The van der Waals surface area contributed by atoms with Gasteiger partial charge in [-0.25, -0.2) is 14.8 Å². The van der Waals surface area contributed by atoms with Crippen molar-refractivity contribution in [3.8, 4) is 5.95 Å². The molecule has 0 aliphatic heterocycles. The number of aromatic nitrogens is 5. The van der Waals surface area contributed by atoms with Gasteiger partial charge in [0.05, 0.1) is 6.54 Å². The molecule has 0 aliphatic carbocycles. The van der Waals surface area contributed by atoms with E-state index in [9.17, 15) is 4.79 Å². The number of H-pyrrole nitrogens is 1. The van der Waals surface area contributed by atoms with Gasteiger partial charge in [-0.2, -0.15) is 0 Å². The van der Waals surface area contributed by atoms with Gasteiger partial charge in [-0.1, -0.05) is 12.1 Å². The third-order valence-corrected chi connectivity index (χ3v) is 3.18. The lowest BCUT2D eigenvalue weighted by molar-refractivity contribution is 0.765. The van der Waals surface area contributed by atoms with Gasteiger partial charge in [-0.15, -0.1) is 9.78 Å². The van der Waals surface area contributed by atoms with Crippen LogP contribution in [0.2, 0.25) is 0 Å². The van der Waals surface area contributed by atoms with Crippen molar-refractivity contribution in [3.63, 3.8) is 0 Å². The van der Waals surface area contributed by atoms with Crippen LogP contribution in [0.5, 0.6) is 0 Å². The second kappa shape index (κ2) is 6.22. The van der Waals surface area contributed by atoms with Crippen LogP contribution in [0.4, 0.5) is 5.69 Å². The van der Waals surface area contributed by atoms with E-state index in [1.165, 1.54) is 0 Å². The van der Waals surface area contributed by atoms with E-state index in [2.05, 4.69) is 25.4 Å². The molecule has 3 N–H and O–H groups in total. The van der Waals surface area contributed by atoms with Crippen molar-refractivity contribution in [3.05, 3.63) is 64.6 Å². The Morgan fingerprint density at radius 2 is 1.96 bits per heavy atom. The average molecular weight is 309 g/mol. The van der Waals surface area contributed by atoms with Crippen LogP contribution in [0.25, 0.3) is 5.95 Å². The molecule has 0 saturated heterocycles. The number of benzene rings is 1. The molecule has 2 heterocycles. The molecule has 3 aromatic rings. The first-order valence-electron chi connectivity index (χ1n) is 6.98. The maximum absolute atomic E-state index is 11.9. The maximum Gasteiger partial charge on any atom is 0.350 e. The molecule has 2 aromatic heterocycles. The first-order chi connectivity index (χ1) is 11.1. The second-order valence-electron chi connectivity index (χ2n) is 4.89. The summed E-state index contributed by atoms with van der Waals surface area (Å²) in [4.78, 5) is 22.5. The molecule has 0 bridgehead atoms. The lowest BCUT2D eigenvalue weighted by atomic mass is 10.1. The van der Waals surface area contributed by atoms with E-state index in [-0.39, 0.29) is 11.6 Å². The molecule has 1 aromatic carbocycles. The van der Waals surface area contributed by atoms with Crippen LogP contribution in [0.15, 0.2) is 47.5 Å². The minimum atomic E-state index is -0.386. The van der Waals surface area contributed by atoms with Crippen LogP contribution in [-0.4, -0.2) is 30.4 Å². The summed E-state index contributed by atoms with van der Waals surface area (Å²) in [6.45, 7) is 2.10. The van der Waals surface area contributed by atoms with Crippen molar-refractivity contribution < 1.29 is 0 Å². The zero-order chi connectivity index (χ0) is 16.2. The van der Waals surface area contributed by atoms with Crippen LogP contribution >= 0.6 is 0 Å². The molecule has 0 unspecified atom stereocenters. The fourth-order valence-electron chi connectivity index (χ4n) is 2.01. The van der Waals surface area contributed by atoms with Gasteiger partial charge in [-0.3, -0.25) is 4.98 Å². The number of nitrogens with one attached hydrogen (secondary N) is 3. The molecular formula is C15H15N7O. The number of rotatable bonds is 5. The smallest absolute Gasteiger partial charge is 0.350 e. The van der Waals surface area contributed by atoms with Gasteiger partial charge in [0.15, 0.2) is 5.82 Å². The van der Waals surface area contributed by atoms with Crippen LogP contribution in [0, 0.1) is 5.41 Å².